The van der Waals surface area contributed by atoms with E-state index in [9.17, 15) is 9.90 Å². The van der Waals surface area contributed by atoms with Crippen molar-refractivity contribution in [3.8, 4) is 0 Å². The van der Waals surface area contributed by atoms with Crippen LogP contribution in [0.4, 0.5) is 0 Å². The molecule has 0 saturated heterocycles. The number of rotatable bonds is 31. The molecule has 0 unspecified atom stereocenters. The molecule has 2 nitrogen and oxygen atoms in total. The first-order valence-electron chi connectivity index (χ1n) is 16.9. The van der Waals surface area contributed by atoms with Crippen molar-refractivity contribution < 1.29 is 9.90 Å². The Kier molecular flexibility index (Phi) is 30.5. The molecule has 0 amide bonds. The van der Waals surface area contributed by atoms with E-state index in [1.165, 1.54) is 148 Å². The van der Waals surface area contributed by atoms with Crippen LogP contribution in [0.5, 0.6) is 0 Å². The van der Waals surface area contributed by atoms with Crippen LogP contribution >= 0.6 is 0 Å². The largest absolute Gasteiger partial charge is 0.393 e. The Labute approximate surface area is 228 Å². The van der Waals surface area contributed by atoms with Gasteiger partial charge in [0.1, 0.15) is 5.78 Å². The molecule has 216 valence electrons. The van der Waals surface area contributed by atoms with Crippen molar-refractivity contribution in [3.63, 3.8) is 0 Å². The van der Waals surface area contributed by atoms with Crippen molar-refractivity contribution in [2.75, 3.05) is 0 Å². The number of hydrogen-bond acceptors (Lipinski definition) is 2. The summed E-state index contributed by atoms with van der Waals surface area (Å²) in [5.74, 6) is 0.489. The van der Waals surface area contributed by atoms with Gasteiger partial charge in [-0.25, -0.2) is 0 Å². The number of aliphatic hydroxyl groups is 1. The zero-order valence-electron chi connectivity index (χ0n) is 25.1. The SMILES string of the molecule is CCCCCCCCCCCCC[C@H](O)CCCCCCCCC(=O)CCCCCCCCCCC. The second kappa shape index (κ2) is 30.9. The second-order valence-corrected chi connectivity index (χ2v) is 11.8. The van der Waals surface area contributed by atoms with E-state index in [4.69, 9.17) is 0 Å². The van der Waals surface area contributed by atoms with Crippen LogP contribution in [0.15, 0.2) is 0 Å². The van der Waals surface area contributed by atoms with Crippen LogP contribution in [-0.2, 0) is 4.79 Å². The number of carbonyl (C=O) groups is 1. The molecule has 0 aliphatic rings. The Balaban J connectivity index is 3.24. The molecule has 1 atom stereocenters. The van der Waals surface area contributed by atoms with Gasteiger partial charge in [-0.05, 0) is 25.7 Å². The van der Waals surface area contributed by atoms with Crippen molar-refractivity contribution in [3.05, 3.63) is 0 Å². The van der Waals surface area contributed by atoms with Crippen LogP contribution in [0.1, 0.15) is 206 Å². The van der Waals surface area contributed by atoms with Crippen LogP contribution in [0.25, 0.3) is 0 Å². The van der Waals surface area contributed by atoms with Gasteiger partial charge in [-0.2, -0.15) is 0 Å². The molecule has 0 aliphatic carbocycles. The summed E-state index contributed by atoms with van der Waals surface area (Å²) in [4.78, 5) is 12.1. The number of unbranched alkanes of at least 4 members (excludes halogenated alkanes) is 23. The third kappa shape index (κ3) is 29.9. The van der Waals surface area contributed by atoms with E-state index < -0.39 is 0 Å². The van der Waals surface area contributed by atoms with Gasteiger partial charge in [-0.3, -0.25) is 4.79 Å². The molecular weight excluding hydrogens is 440 g/mol. The summed E-state index contributed by atoms with van der Waals surface area (Å²) in [5, 5.41) is 10.2. The summed E-state index contributed by atoms with van der Waals surface area (Å²) in [6, 6.07) is 0. The lowest BCUT2D eigenvalue weighted by Crippen LogP contribution is -2.05. The Morgan fingerprint density at radius 2 is 0.667 bits per heavy atom. The number of hydrogen-bond donors (Lipinski definition) is 1. The molecule has 1 N–H and O–H groups in total. The van der Waals surface area contributed by atoms with Gasteiger partial charge in [0.25, 0.3) is 0 Å². The van der Waals surface area contributed by atoms with Crippen LogP contribution < -0.4 is 0 Å². The summed E-state index contributed by atoms with van der Waals surface area (Å²) in [6.07, 6.45) is 37.7. The highest BCUT2D eigenvalue weighted by atomic mass is 16.3. The molecule has 0 aromatic rings. The lowest BCUT2D eigenvalue weighted by molar-refractivity contribution is -0.119. The highest BCUT2D eigenvalue weighted by molar-refractivity contribution is 5.78. The first-order valence-corrected chi connectivity index (χ1v) is 16.9. The van der Waals surface area contributed by atoms with Gasteiger partial charge >= 0.3 is 0 Å². The summed E-state index contributed by atoms with van der Waals surface area (Å²) >= 11 is 0. The predicted molar refractivity (Wildman–Crippen MR) is 161 cm³/mol. The Morgan fingerprint density at radius 3 is 0.972 bits per heavy atom. The maximum Gasteiger partial charge on any atom is 0.132 e. The van der Waals surface area contributed by atoms with Gasteiger partial charge in [0, 0.05) is 12.8 Å². The zero-order chi connectivity index (χ0) is 26.4. The Bertz CT molecular complexity index is 419. The first-order chi connectivity index (χ1) is 17.7. The van der Waals surface area contributed by atoms with Crippen LogP contribution in [0.2, 0.25) is 0 Å². The van der Waals surface area contributed by atoms with Gasteiger partial charge in [-0.15, -0.1) is 0 Å². The molecule has 0 aliphatic heterocycles. The smallest absolute Gasteiger partial charge is 0.132 e. The topological polar surface area (TPSA) is 37.3 Å². The number of carbonyl (C=O) groups excluding carboxylic acids is 1. The molecule has 0 saturated carbocycles. The zero-order valence-corrected chi connectivity index (χ0v) is 25.1. The molecule has 0 heterocycles. The van der Waals surface area contributed by atoms with Gasteiger partial charge in [0.15, 0.2) is 0 Å². The summed E-state index contributed by atoms with van der Waals surface area (Å²) in [5.41, 5.74) is 0. The normalized spacial score (nSPS) is 12.3. The Morgan fingerprint density at radius 1 is 0.417 bits per heavy atom. The Hall–Kier alpha value is -0.370. The summed E-state index contributed by atoms with van der Waals surface area (Å²) < 4.78 is 0. The molecule has 36 heavy (non-hydrogen) atoms. The highest BCUT2D eigenvalue weighted by Gasteiger charge is 2.05. The van der Waals surface area contributed by atoms with Crippen molar-refractivity contribution in [2.24, 2.45) is 0 Å². The van der Waals surface area contributed by atoms with Gasteiger partial charge in [-0.1, -0.05) is 168 Å². The number of Topliss-reactive ketones (excluding diaryl/α,β-unsaturated/α-hetero) is 1. The maximum absolute atomic E-state index is 12.1. The van der Waals surface area contributed by atoms with Gasteiger partial charge in [0.05, 0.1) is 6.10 Å². The van der Waals surface area contributed by atoms with Crippen molar-refractivity contribution in [1.29, 1.82) is 0 Å². The monoisotopic (exact) mass is 509 g/mol. The van der Waals surface area contributed by atoms with Gasteiger partial charge < -0.3 is 5.11 Å². The quantitative estimate of drug-likeness (QED) is 0.0945. The van der Waals surface area contributed by atoms with Crippen molar-refractivity contribution in [1.82, 2.24) is 0 Å². The summed E-state index contributed by atoms with van der Waals surface area (Å²) in [6.45, 7) is 4.55. The fourth-order valence-electron chi connectivity index (χ4n) is 5.36. The third-order valence-corrected chi connectivity index (χ3v) is 7.94. The lowest BCUT2D eigenvalue weighted by atomic mass is 10.0. The molecule has 0 radical (unpaired) electrons. The minimum absolute atomic E-state index is 0.0813. The molecule has 0 aromatic heterocycles. The van der Waals surface area contributed by atoms with E-state index in [1.54, 1.807) is 0 Å². The number of aliphatic hydroxyl groups excluding tert-OH is 1. The van der Waals surface area contributed by atoms with E-state index in [2.05, 4.69) is 13.8 Å². The maximum atomic E-state index is 12.1. The standard InChI is InChI=1S/C34H68O2/c1-3-5-7-9-11-13-14-16-18-22-26-30-34(36)32-28-24-20-19-23-27-31-33(35)29-25-21-17-15-12-10-8-6-4-2/h34,36H,3-32H2,1-2H3/t34-/m0/s1. The van der Waals surface area contributed by atoms with E-state index in [0.717, 1.165) is 44.9 Å². The van der Waals surface area contributed by atoms with Crippen molar-refractivity contribution >= 4 is 5.78 Å². The van der Waals surface area contributed by atoms with Crippen LogP contribution in [0, 0.1) is 0 Å². The molecular formula is C34H68O2. The van der Waals surface area contributed by atoms with Gasteiger partial charge in [0.2, 0.25) is 0 Å². The first kappa shape index (κ1) is 35.6. The summed E-state index contributed by atoms with van der Waals surface area (Å²) in [7, 11) is 0. The van der Waals surface area contributed by atoms with Crippen molar-refractivity contribution in [2.45, 2.75) is 213 Å². The molecule has 0 spiro atoms. The molecule has 0 fully saturated rings. The van der Waals surface area contributed by atoms with E-state index in [1.807, 2.05) is 0 Å². The minimum Gasteiger partial charge on any atom is -0.393 e. The molecule has 0 aromatic carbocycles. The highest BCUT2D eigenvalue weighted by Crippen LogP contribution is 2.16. The molecule has 0 bridgehead atoms. The number of ketones is 1. The fourth-order valence-corrected chi connectivity index (χ4v) is 5.36. The minimum atomic E-state index is -0.0813. The average molecular weight is 509 g/mol. The van der Waals surface area contributed by atoms with E-state index >= 15 is 0 Å². The van der Waals surface area contributed by atoms with E-state index in [0.29, 0.717) is 5.78 Å². The average Bonchev–Trinajstić information content (AvgIpc) is 2.87. The molecule has 0 rings (SSSR count). The third-order valence-electron chi connectivity index (χ3n) is 7.94. The predicted octanol–water partition coefficient (Wildman–Crippen LogP) is 11.7. The van der Waals surface area contributed by atoms with E-state index in [-0.39, 0.29) is 6.10 Å². The lowest BCUT2D eigenvalue weighted by Gasteiger charge is -2.10. The fraction of sp³-hybridized carbons (Fsp3) is 0.971. The molecule has 2 heteroatoms. The second-order valence-electron chi connectivity index (χ2n) is 11.8. The van der Waals surface area contributed by atoms with Crippen LogP contribution in [-0.4, -0.2) is 17.0 Å². The van der Waals surface area contributed by atoms with Crippen LogP contribution in [0.3, 0.4) is 0 Å².